The van der Waals surface area contributed by atoms with E-state index < -0.39 is 0 Å². The predicted octanol–water partition coefficient (Wildman–Crippen LogP) is 3.14. The van der Waals surface area contributed by atoms with Crippen LogP contribution in [-0.2, 0) is 9.59 Å². The maximum atomic E-state index is 12.8. The molecule has 4 fully saturated rings. The van der Waals surface area contributed by atoms with Gasteiger partial charge in [-0.3, -0.25) is 9.59 Å². The minimum atomic E-state index is -0.291. The van der Waals surface area contributed by atoms with E-state index in [-0.39, 0.29) is 22.9 Å². The Labute approximate surface area is 132 Å². The van der Waals surface area contributed by atoms with Crippen molar-refractivity contribution >= 4 is 11.6 Å². The van der Waals surface area contributed by atoms with E-state index in [1.54, 1.807) is 0 Å². The van der Waals surface area contributed by atoms with E-state index in [4.69, 9.17) is 0 Å². The molecule has 2 unspecified atom stereocenters. The molecule has 3 heteroatoms. The molecule has 3 nitrogen and oxygen atoms in total. The molecule has 0 aromatic heterocycles. The number of carbonyl (C=O) groups excluding carboxylic acids is 2. The maximum absolute atomic E-state index is 12.8. The van der Waals surface area contributed by atoms with Crippen molar-refractivity contribution < 1.29 is 14.7 Å². The van der Waals surface area contributed by atoms with Gasteiger partial charge in [0.1, 0.15) is 11.6 Å². The number of rotatable bonds is 0. The third-order valence-corrected chi connectivity index (χ3v) is 8.00. The summed E-state index contributed by atoms with van der Waals surface area (Å²) >= 11 is 0. The molecular weight excluding hydrogens is 276 g/mol. The molecule has 4 aliphatic carbocycles. The SMILES string of the molecule is C[C@]12CC[C@H]3[C@@H](CC(=O)C4CC(O)CC[C@@]43C)[C@@H]1CC(=O)C2. The molecule has 22 heavy (non-hydrogen) atoms. The third kappa shape index (κ3) is 1.90. The van der Waals surface area contributed by atoms with Gasteiger partial charge in [0.2, 0.25) is 0 Å². The number of Topliss-reactive ketones (excluding diaryl/α,β-unsaturated/α-hetero) is 2. The summed E-state index contributed by atoms with van der Waals surface area (Å²) in [6.07, 6.45) is 6.59. The second kappa shape index (κ2) is 4.66. The van der Waals surface area contributed by atoms with Crippen LogP contribution in [0.4, 0.5) is 0 Å². The molecule has 0 aromatic carbocycles. The summed E-state index contributed by atoms with van der Waals surface area (Å²) in [4.78, 5) is 24.9. The van der Waals surface area contributed by atoms with Crippen LogP contribution in [0.15, 0.2) is 0 Å². The highest BCUT2D eigenvalue weighted by Crippen LogP contribution is 2.64. The second-order valence-electron chi connectivity index (χ2n) is 9.15. The molecule has 7 atom stereocenters. The zero-order chi connectivity index (χ0) is 15.7. The molecule has 0 spiro atoms. The molecule has 4 rings (SSSR count). The van der Waals surface area contributed by atoms with E-state index >= 15 is 0 Å². The highest BCUT2D eigenvalue weighted by Gasteiger charge is 2.61. The first-order valence-electron chi connectivity index (χ1n) is 9.06. The van der Waals surface area contributed by atoms with Crippen molar-refractivity contribution in [2.24, 2.45) is 34.5 Å². The van der Waals surface area contributed by atoms with Crippen molar-refractivity contribution in [2.75, 3.05) is 0 Å². The Bertz CT molecular complexity index is 527. The topological polar surface area (TPSA) is 54.4 Å². The number of hydrogen-bond acceptors (Lipinski definition) is 3. The van der Waals surface area contributed by atoms with E-state index in [1.165, 1.54) is 6.42 Å². The van der Waals surface area contributed by atoms with Crippen LogP contribution in [0.2, 0.25) is 0 Å². The lowest BCUT2D eigenvalue weighted by Crippen LogP contribution is -2.56. The van der Waals surface area contributed by atoms with Gasteiger partial charge in [-0.2, -0.15) is 0 Å². The van der Waals surface area contributed by atoms with Gasteiger partial charge in [-0.1, -0.05) is 13.8 Å². The molecule has 4 saturated carbocycles. The molecule has 122 valence electrons. The van der Waals surface area contributed by atoms with Gasteiger partial charge in [0.05, 0.1) is 6.10 Å². The fraction of sp³-hybridized carbons (Fsp3) is 0.895. The summed E-state index contributed by atoms with van der Waals surface area (Å²) in [7, 11) is 0. The van der Waals surface area contributed by atoms with E-state index in [2.05, 4.69) is 13.8 Å². The van der Waals surface area contributed by atoms with Crippen LogP contribution in [0.1, 0.15) is 65.2 Å². The Morgan fingerprint density at radius 2 is 1.82 bits per heavy atom. The highest BCUT2D eigenvalue weighted by molar-refractivity contribution is 5.85. The molecule has 0 bridgehead atoms. The lowest BCUT2D eigenvalue weighted by molar-refractivity contribution is -0.157. The minimum Gasteiger partial charge on any atom is -0.393 e. The fourth-order valence-corrected chi connectivity index (χ4v) is 6.80. The Hall–Kier alpha value is -0.700. The zero-order valence-corrected chi connectivity index (χ0v) is 13.8. The van der Waals surface area contributed by atoms with Crippen molar-refractivity contribution in [3.05, 3.63) is 0 Å². The summed E-state index contributed by atoms with van der Waals surface area (Å²) in [6, 6.07) is 0. The maximum Gasteiger partial charge on any atom is 0.136 e. The van der Waals surface area contributed by atoms with Crippen LogP contribution in [0.3, 0.4) is 0 Å². The highest BCUT2D eigenvalue weighted by atomic mass is 16.3. The first kappa shape index (κ1) is 14.9. The molecular formula is C19H28O3. The minimum absolute atomic E-state index is 0.0546. The Morgan fingerprint density at radius 3 is 2.59 bits per heavy atom. The monoisotopic (exact) mass is 304 g/mol. The predicted molar refractivity (Wildman–Crippen MR) is 83.1 cm³/mol. The van der Waals surface area contributed by atoms with Gasteiger partial charge < -0.3 is 5.11 Å². The van der Waals surface area contributed by atoms with Gasteiger partial charge in [-0.15, -0.1) is 0 Å². The van der Waals surface area contributed by atoms with Gasteiger partial charge in [-0.05, 0) is 60.7 Å². The van der Waals surface area contributed by atoms with Gasteiger partial charge >= 0.3 is 0 Å². The second-order valence-corrected chi connectivity index (χ2v) is 9.15. The first-order chi connectivity index (χ1) is 10.3. The summed E-state index contributed by atoms with van der Waals surface area (Å²) in [6.45, 7) is 4.58. The van der Waals surface area contributed by atoms with Crippen LogP contribution >= 0.6 is 0 Å². The van der Waals surface area contributed by atoms with E-state index in [0.29, 0.717) is 48.6 Å². The summed E-state index contributed by atoms with van der Waals surface area (Å²) in [5, 5.41) is 10.0. The average Bonchev–Trinajstić information content (AvgIpc) is 2.76. The van der Waals surface area contributed by atoms with Gasteiger partial charge in [0, 0.05) is 25.2 Å². The van der Waals surface area contributed by atoms with Crippen molar-refractivity contribution in [3.8, 4) is 0 Å². The third-order valence-electron chi connectivity index (χ3n) is 8.00. The number of carbonyl (C=O) groups is 2. The van der Waals surface area contributed by atoms with E-state index in [1.807, 2.05) is 0 Å². The van der Waals surface area contributed by atoms with Crippen LogP contribution in [0.25, 0.3) is 0 Å². The number of fused-ring (bicyclic) bond motifs is 5. The lowest BCUT2D eigenvalue weighted by Gasteiger charge is -2.59. The smallest absolute Gasteiger partial charge is 0.136 e. The molecule has 1 N–H and O–H groups in total. The van der Waals surface area contributed by atoms with Gasteiger partial charge in [0.25, 0.3) is 0 Å². The number of ketones is 2. The van der Waals surface area contributed by atoms with Crippen LogP contribution in [-0.4, -0.2) is 22.8 Å². The molecule has 0 heterocycles. The Morgan fingerprint density at radius 1 is 1.05 bits per heavy atom. The van der Waals surface area contributed by atoms with Crippen molar-refractivity contribution in [1.82, 2.24) is 0 Å². The largest absolute Gasteiger partial charge is 0.393 e. The van der Waals surface area contributed by atoms with E-state index in [0.717, 1.165) is 25.7 Å². The Kier molecular flexibility index (Phi) is 3.15. The fourth-order valence-electron chi connectivity index (χ4n) is 6.80. The van der Waals surface area contributed by atoms with Crippen LogP contribution in [0.5, 0.6) is 0 Å². The molecule has 0 amide bonds. The summed E-state index contributed by atoms with van der Waals surface area (Å²) in [5.74, 6) is 2.24. The normalized spacial score (nSPS) is 54.6. The van der Waals surface area contributed by atoms with Crippen LogP contribution < -0.4 is 0 Å². The lowest BCUT2D eigenvalue weighted by atomic mass is 9.45. The zero-order valence-electron chi connectivity index (χ0n) is 13.8. The average molecular weight is 304 g/mol. The molecule has 0 aromatic rings. The Balaban J connectivity index is 1.69. The first-order valence-corrected chi connectivity index (χ1v) is 9.06. The standard InChI is InChI=1S/C19H28O3/c1-18-5-4-14-13(15(18)8-12(21)10-18)9-17(22)16-7-11(20)3-6-19(14,16)2/h11,13-16,20H,3-10H2,1-2H3/t11?,13-,14+,15+,16?,18-,19-/m1/s1. The molecule has 4 aliphatic rings. The molecule has 0 saturated heterocycles. The quantitative estimate of drug-likeness (QED) is 0.748. The molecule has 0 aliphatic heterocycles. The van der Waals surface area contributed by atoms with Gasteiger partial charge in [0.15, 0.2) is 0 Å². The van der Waals surface area contributed by atoms with Gasteiger partial charge in [-0.25, -0.2) is 0 Å². The summed E-state index contributed by atoms with van der Waals surface area (Å²) in [5.41, 5.74) is 0.210. The number of aliphatic hydroxyl groups is 1. The van der Waals surface area contributed by atoms with Crippen molar-refractivity contribution in [2.45, 2.75) is 71.3 Å². The van der Waals surface area contributed by atoms with E-state index in [9.17, 15) is 14.7 Å². The molecule has 0 radical (unpaired) electrons. The summed E-state index contributed by atoms with van der Waals surface area (Å²) < 4.78 is 0. The van der Waals surface area contributed by atoms with Crippen molar-refractivity contribution in [3.63, 3.8) is 0 Å². The van der Waals surface area contributed by atoms with Crippen molar-refractivity contribution in [1.29, 1.82) is 0 Å². The van der Waals surface area contributed by atoms with Crippen LogP contribution in [0, 0.1) is 34.5 Å². The number of hydrogen-bond donors (Lipinski definition) is 1. The number of aliphatic hydroxyl groups excluding tert-OH is 1.